The van der Waals surface area contributed by atoms with Crippen LogP contribution in [0.3, 0.4) is 0 Å². The number of Topliss-reactive ketones (excluding diaryl/α,β-unsaturated/α-hetero) is 1. The van der Waals surface area contributed by atoms with Gasteiger partial charge in [0.1, 0.15) is 0 Å². The zero-order chi connectivity index (χ0) is 18.4. The average Bonchev–Trinajstić information content (AvgIpc) is 2.61. The Morgan fingerprint density at radius 2 is 1.72 bits per heavy atom. The molecule has 0 radical (unpaired) electrons. The van der Waals surface area contributed by atoms with Crippen LogP contribution in [0, 0.1) is 0 Å². The maximum absolute atomic E-state index is 12.5. The molecule has 0 aliphatic carbocycles. The molecule has 5 heteroatoms. The van der Waals surface area contributed by atoms with Gasteiger partial charge in [-0.25, -0.2) is 4.79 Å². The highest BCUT2D eigenvalue weighted by molar-refractivity contribution is 6.01. The Bertz CT molecular complexity index is 821. The number of hydrogen-bond acceptors (Lipinski definition) is 4. The van der Waals surface area contributed by atoms with Crippen molar-refractivity contribution < 1.29 is 24.2 Å². The number of allylic oxidation sites excluding steroid dienone is 1. The minimum absolute atomic E-state index is 0.0398. The van der Waals surface area contributed by atoms with Gasteiger partial charge in [0.15, 0.2) is 17.3 Å². The van der Waals surface area contributed by atoms with Crippen molar-refractivity contribution in [1.82, 2.24) is 0 Å². The molecule has 0 fully saturated rings. The number of rotatable bonds is 7. The van der Waals surface area contributed by atoms with E-state index in [4.69, 9.17) is 9.47 Å². The summed E-state index contributed by atoms with van der Waals surface area (Å²) in [5.41, 5.74) is 1.98. The Hall–Kier alpha value is -3.08. The molecule has 0 unspecified atom stereocenters. The second-order valence-corrected chi connectivity index (χ2v) is 5.50. The molecular formula is C20H20O5. The van der Waals surface area contributed by atoms with Gasteiger partial charge >= 0.3 is 5.97 Å². The molecule has 0 spiro atoms. The first-order valence-electron chi connectivity index (χ1n) is 7.71. The molecule has 0 aliphatic rings. The van der Waals surface area contributed by atoms with E-state index in [2.05, 4.69) is 0 Å². The van der Waals surface area contributed by atoms with Gasteiger partial charge in [-0.3, -0.25) is 4.79 Å². The summed E-state index contributed by atoms with van der Waals surface area (Å²) in [5, 5.41) is 9.21. The normalized spacial score (nSPS) is 11.1. The van der Waals surface area contributed by atoms with E-state index in [9.17, 15) is 14.7 Å². The van der Waals surface area contributed by atoms with E-state index in [0.717, 1.165) is 5.56 Å². The molecule has 0 bridgehead atoms. The minimum atomic E-state index is -1.04. The van der Waals surface area contributed by atoms with Crippen LogP contribution >= 0.6 is 0 Å². The van der Waals surface area contributed by atoms with Crippen molar-refractivity contribution in [2.75, 3.05) is 14.2 Å². The number of carbonyl (C=O) groups is 2. The second-order valence-electron chi connectivity index (χ2n) is 5.50. The first kappa shape index (κ1) is 18.3. The lowest BCUT2D eigenvalue weighted by Crippen LogP contribution is -2.09. The van der Waals surface area contributed by atoms with Crippen molar-refractivity contribution in [3.8, 4) is 11.5 Å². The van der Waals surface area contributed by atoms with Crippen LogP contribution in [0.2, 0.25) is 0 Å². The fraction of sp³-hybridized carbons (Fsp3) is 0.200. The van der Waals surface area contributed by atoms with Gasteiger partial charge in [0, 0.05) is 6.42 Å². The van der Waals surface area contributed by atoms with E-state index in [-0.39, 0.29) is 17.8 Å². The number of benzene rings is 2. The van der Waals surface area contributed by atoms with Gasteiger partial charge in [0.2, 0.25) is 0 Å². The molecule has 0 saturated heterocycles. The van der Waals surface area contributed by atoms with Gasteiger partial charge in [-0.05, 0) is 47.9 Å². The highest BCUT2D eigenvalue weighted by Gasteiger charge is 2.14. The lowest BCUT2D eigenvalue weighted by Gasteiger charge is -2.09. The van der Waals surface area contributed by atoms with Crippen molar-refractivity contribution in [1.29, 1.82) is 0 Å². The molecule has 0 amide bonds. The highest BCUT2D eigenvalue weighted by atomic mass is 16.5. The Balaban J connectivity index is 2.23. The molecule has 2 rings (SSSR count). The molecule has 0 atom stereocenters. The van der Waals surface area contributed by atoms with Gasteiger partial charge in [0.25, 0.3) is 0 Å². The first-order valence-corrected chi connectivity index (χ1v) is 7.71. The van der Waals surface area contributed by atoms with Gasteiger partial charge in [-0.15, -0.1) is 0 Å². The van der Waals surface area contributed by atoms with Crippen molar-refractivity contribution >= 4 is 17.8 Å². The molecule has 2 aromatic carbocycles. The Morgan fingerprint density at radius 1 is 1.04 bits per heavy atom. The Labute approximate surface area is 146 Å². The summed E-state index contributed by atoms with van der Waals surface area (Å²) in [6, 6.07) is 11.9. The molecule has 25 heavy (non-hydrogen) atoms. The topological polar surface area (TPSA) is 72.8 Å². The van der Waals surface area contributed by atoms with E-state index in [1.165, 1.54) is 6.07 Å². The maximum Gasteiger partial charge on any atom is 0.335 e. The third kappa shape index (κ3) is 4.47. The van der Waals surface area contributed by atoms with Crippen LogP contribution in [0.5, 0.6) is 11.5 Å². The SMILES string of the molecule is COc1ccc(/C=C(\C)C(=O)Cc2ccccc2C(=O)O)cc1OC. The van der Waals surface area contributed by atoms with Gasteiger partial charge < -0.3 is 14.6 Å². The average molecular weight is 340 g/mol. The standard InChI is InChI=1S/C20H20O5/c1-13(10-14-8-9-18(24-2)19(11-14)25-3)17(21)12-15-6-4-5-7-16(15)20(22)23/h4-11H,12H2,1-3H3,(H,22,23)/b13-10+. The Morgan fingerprint density at radius 3 is 2.36 bits per heavy atom. The van der Waals surface area contributed by atoms with E-state index in [0.29, 0.717) is 22.6 Å². The molecule has 0 aromatic heterocycles. The third-order valence-corrected chi connectivity index (χ3v) is 3.83. The zero-order valence-electron chi connectivity index (χ0n) is 14.4. The minimum Gasteiger partial charge on any atom is -0.493 e. The quantitative estimate of drug-likeness (QED) is 0.780. The van der Waals surface area contributed by atoms with Crippen molar-refractivity contribution in [2.45, 2.75) is 13.3 Å². The third-order valence-electron chi connectivity index (χ3n) is 3.83. The molecule has 2 aromatic rings. The predicted molar refractivity (Wildman–Crippen MR) is 95.3 cm³/mol. The van der Waals surface area contributed by atoms with Gasteiger partial charge in [-0.1, -0.05) is 24.3 Å². The molecular weight excluding hydrogens is 320 g/mol. The summed E-state index contributed by atoms with van der Waals surface area (Å²) in [6.45, 7) is 1.71. The van der Waals surface area contributed by atoms with Crippen molar-refractivity contribution in [2.24, 2.45) is 0 Å². The largest absolute Gasteiger partial charge is 0.493 e. The lowest BCUT2D eigenvalue weighted by atomic mass is 9.98. The van der Waals surface area contributed by atoms with Gasteiger partial charge in [-0.2, -0.15) is 0 Å². The molecule has 0 aliphatic heterocycles. The lowest BCUT2D eigenvalue weighted by molar-refractivity contribution is -0.114. The summed E-state index contributed by atoms with van der Waals surface area (Å²) in [5.74, 6) is 0.0140. The summed E-state index contributed by atoms with van der Waals surface area (Å²) in [7, 11) is 3.11. The molecule has 1 N–H and O–H groups in total. The van der Waals surface area contributed by atoms with Crippen molar-refractivity contribution in [3.05, 3.63) is 64.7 Å². The number of methoxy groups -OCH3 is 2. The maximum atomic E-state index is 12.5. The van der Waals surface area contributed by atoms with Crippen LogP contribution in [0.15, 0.2) is 48.0 Å². The number of carboxylic acids is 1. The van der Waals surface area contributed by atoms with E-state index < -0.39 is 5.97 Å². The van der Waals surface area contributed by atoms with E-state index >= 15 is 0 Å². The molecule has 0 saturated carbocycles. The highest BCUT2D eigenvalue weighted by Crippen LogP contribution is 2.28. The van der Waals surface area contributed by atoms with Crippen LogP contribution in [0.4, 0.5) is 0 Å². The van der Waals surface area contributed by atoms with Gasteiger partial charge in [0.05, 0.1) is 19.8 Å². The number of aromatic carboxylic acids is 1. The number of ketones is 1. The monoisotopic (exact) mass is 340 g/mol. The number of hydrogen-bond donors (Lipinski definition) is 1. The first-order chi connectivity index (χ1) is 12.0. The number of ether oxygens (including phenoxy) is 2. The van der Waals surface area contributed by atoms with Crippen LogP contribution in [-0.2, 0) is 11.2 Å². The summed E-state index contributed by atoms with van der Waals surface area (Å²) < 4.78 is 10.4. The van der Waals surface area contributed by atoms with E-state index in [1.807, 2.05) is 6.07 Å². The summed E-state index contributed by atoms with van der Waals surface area (Å²) in [4.78, 5) is 23.7. The fourth-order valence-electron chi connectivity index (χ4n) is 2.47. The number of carbonyl (C=O) groups excluding carboxylic acids is 1. The predicted octanol–water partition coefficient (Wildman–Crippen LogP) is 3.62. The Kier molecular flexibility index (Phi) is 5.95. The van der Waals surface area contributed by atoms with Crippen LogP contribution in [0.1, 0.15) is 28.4 Å². The van der Waals surface area contributed by atoms with E-state index in [1.54, 1.807) is 57.6 Å². The smallest absolute Gasteiger partial charge is 0.335 e. The molecule has 130 valence electrons. The molecule has 5 nitrogen and oxygen atoms in total. The second kappa shape index (κ2) is 8.15. The summed E-state index contributed by atoms with van der Waals surface area (Å²) in [6.07, 6.45) is 1.78. The number of carboxylic acid groups (broad SMARTS) is 1. The van der Waals surface area contributed by atoms with Crippen LogP contribution < -0.4 is 9.47 Å². The zero-order valence-corrected chi connectivity index (χ0v) is 14.4. The van der Waals surface area contributed by atoms with Crippen LogP contribution in [0.25, 0.3) is 6.08 Å². The molecule has 0 heterocycles. The fourth-order valence-corrected chi connectivity index (χ4v) is 2.47. The van der Waals surface area contributed by atoms with Crippen LogP contribution in [-0.4, -0.2) is 31.1 Å². The summed E-state index contributed by atoms with van der Waals surface area (Å²) >= 11 is 0. The van der Waals surface area contributed by atoms with Crippen molar-refractivity contribution in [3.63, 3.8) is 0 Å².